The summed E-state index contributed by atoms with van der Waals surface area (Å²) < 4.78 is 7.25. The molecule has 2 aromatic rings. The third-order valence-electron chi connectivity index (χ3n) is 3.92. The number of rotatable bonds is 4. The fourth-order valence-corrected chi connectivity index (χ4v) is 3.34. The Hall–Kier alpha value is -1.32. The molecule has 1 aromatic carbocycles. The number of nitrogens with zero attached hydrogens (tertiary/aromatic N) is 4. The van der Waals surface area contributed by atoms with Gasteiger partial charge in [0.25, 0.3) is 5.91 Å². The third kappa shape index (κ3) is 3.24. The van der Waals surface area contributed by atoms with Crippen LogP contribution in [0.2, 0.25) is 10.0 Å². The number of benzene rings is 1. The topological polar surface area (TPSA) is 70.8 Å². The van der Waals surface area contributed by atoms with Crippen LogP contribution in [0, 0.1) is 0 Å². The lowest BCUT2D eigenvalue weighted by Crippen LogP contribution is -2.55. The van der Waals surface area contributed by atoms with Crippen molar-refractivity contribution in [3.8, 4) is 0 Å². The number of imidazole rings is 1. The van der Waals surface area contributed by atoms with E-state index < -0.39 is 6.35 Å². The number of ether oxygens (including phenoxy) is 1. The van der Waals surface area contributed by atoms with Gasteiger partial charge in [-0.2, -0.15) is 0 Å². The third-order valence-corrected chi connectivity index (χ3v) is 5.37. The quantitative estimate of drug-likeness (QED) is 0.777. The van der Waals surface area contributed by atoms with Gasteiger partial charge in [-0.05, 0) is 33.6 Å². The molecule has 0 saturated heterocycles. The lowest BCUT2D eigenvalue weighted by molar-refractivity contribution is -0.0157. The molecule has 1 N–H and O–H groups in total. The van der Waals surface area contributed by atoms with Gasteiger partial charge in [0.15, 0.2) is 16.2 Å². The highest BCUT2D eigenvalue weighted by atomic mass is 79.9. The summed E-state index contributed by atoms with van der Waals surface area (Å²) in [5.74, 6) is 0.0146. The Morgan fingerprint density at radius 1 is 1.32 bits per heavy atom. The van der Waals surface area contributed by atoms with E-state index in [-0.39, 0.29) is 19.2 Å². The second-order valence-corrected chi connectivity index (χ2v) is 7.05. The summed E-state index contributed by atoms with van der Waals surface area (Å²) >= 11 is 15.3. The van der Waals surface area contributed by atoms with E-state index in [0.717, 1.165) is 5.56 Å². The molecule has 0 fully saturated rings. The number of halogens is 3. The first-order valence-electron chi connectivity index (χ1n) is 7.26. The zero-order valence-corrected chi connectivity index (χ0v) is 16.5. The maximum absolute atomic E-state index is 12.9. The molecule has 1 unspecified atom stereocenters. The first kappa shape index (κ1) is 18.5. The zero-order chi connectivity index (χ0) is 18.3. The van der Waals surface area contributed by atoms with Gasteiger partial charge in [-0.1, -0.05) is 29.3 Å². The molecular formula is C15H15BrCl2N4O3. The Labute approximate surface area is 162 Å². The highest BCUT2D eigenvalue weighted by Crippen LogP contribution is 2.33. The van der Waals surface area contributed by atoms with Crippen LogP contribution in [-0.2, 0) is 18.3 Å². The van der Waals surface area contributed by atoms with Crippen molar-refractivity contribution in [1.29, 1.82) is 0 Å². The minimum Gasteiger partial charge on any atom is -0.364 e. The molecule has 1 aliphatic heterocycles. The van der Waals surface area contributed by atoms with Gasteiger partial charge in [-0.3, -0.25) is 14.6 Å². The summed E-state index contributed by atoms with van der Waals surface area (Å²) in [6.07, 6.45) is -1.23. The molecule has 0 radical (unpaired) electrons. The van der Waals surface area contributed by atoms with Gasteiger partial charge in [0, 0.05) is 14.2 Å². The molecule has 134 valence electrons. The summed E-state index contributed by atoms with van der Waals surface area (Å²) in [5, 5.41) is 11.5. The van der Waals surface area contributed by atoms with Crippen molar-refractivity contribution in [1.82, 2.24) is 14.5 Å². The molecule has 3 rings (SSSR count). The van der Waals surface area contributed by atoms with Crippen molar-refractivity contribution >= 4 is 50.9 Å². The molecule has 1 aromatic heterocycles. The minimum atomic E-state index is -1.23. The summed E-state index contributed by atoms with van der Waals surface area (Å²) in [4.78, 5) is 20.0. The van der Waals surface area contributed by atoms with E-state index in [9.17, 15) is 9.90 Å². The second-order valence-electron chi connectivity index (χ2n) is 5.53. The zero-order valence-electron chi connectivity index (χ0n) is 13.4. The van der Waals surface area contributed by atoms with Crippen LogP contribution in [0.1, 0.15) is 16.1 Å². The molecule has 0 bridgehead atoms. The summed E-state index contributed by atoms with van der Waals surface area (Å²) in [6.45, 7) is 0.224. The van der Waals surface area contributed by atoms with E-state index in [1.165, 1.54) is 16.9 Å². The normalized spacial score (nSPS) is 17.2. The lowest BCUT2D eigenvalue weighted by atomic mass is 10.2. The highest BCUT2D eigenvalue weighted by Gasteiger charge is 2.40. The Balaban J connectivity index is 2.00. The van der Waals surface area contributed by atoms with Crippen molar-refractivity contribution in [2.45, 2.75) is 12.9 Å². The summed E-state index contributed by atoms with van der Waals surface area (Å²) in [5.41, 5.74) is 1.10. The number of carbonyl (C=O) groups is 1. The summed E-state index contributed by atoms with van der Waals surface area (Å²) in [7, 11) is 3.22. The van der Waals surface area contributed by atoms with E-state index in [1.54, 1.807) is 29.8 Å². The minimum absolute atomic E-state index is 0.0722. The molecule has 1 aliphatic rings. The van der Waals surface area contributed by atoms with Crippen LogP contribution in [-0.4, -0.2) is 45.7 Å². The molecule has 7 nitrogen and oxygen atoms in total. The maximum atomic E-state index is 12.9. The predicted molar refractivity (Wildman–Crippen MR) is 97.6 cm³/mol. The lowest BCUT2D eigenvalue weighted by Gasteiger charge is -2.40. The van der Waals surface area contributed by atoms with Gasteiger partial charge in [0.1, 0.15) is 6.73 Å². The number of aromatic nitrogens is 2. The molecule has 10 heteroatoms. The highest BCUT2D eigenvalue weighted by molar-refractivity contribution is 9.10. The fourth-order valence-electron chi connectivity index (χ4n) is 2.67. The van der Waals surface area contributed by atoms with Crippen LogP contribution in [0.5, 0.6) is 0 Å². The van der Waals surface area contributed by atoms with Crippen LogP contribution >= 0.6 is 39.1 Å². The Morgan fingerprint density at radius 2 is 2.04 bits per heavy atom. The van der Waals surface area contributed by atoms with Crippen molar-refractivity contribution in [3.05, 3.63) is 44.2 Å². The number of amides is 1. The standard InChI is InChI=1S/C15H15BrCl2N4O3/c1-20-11-12(19-14(20)16)22(7-25-2)15(24)21(13(11)23)6-8-3-4-9(17)10(18)5-8/h3-5,15,24H,6-7H2,1-2H3. The monoisotopic (exact) mass is 448 g/mol. The average molecular weight is 450 g/mol. The van der Waals surface area contributed by atoms with Crippen LogP contribution < -0.4 is 4.90 Å². The Bertz CT molecular complexity index is 829. The molecule has 1 amide bonds. The molecule has 0 saturated carbocycles. The summed E-state index contributed by atoms with van der Waals surface area (Å²) in [6, 6.07) is 5.07. The molecule has 2 heterocycles. The molecule has 25 heavy (non-hydrogen) atoms. The van der Waals surface area contributed by atoms with Gasteiger partial charge in [0.05, 0.1) is 16.6 Å². The molecule has 1 atom stereocenters. The predicted octanol–water partition coefficient (Wildman–Crippen LogP) is 2.83. The number of fused-ring (bicyclic) bond motifs is 1. The van der Waals surface area contributed by atoms with Crippen molar-refractivity contribution in [2.75, 3.05) is 18.7 Å². The number of hydrogen-bond donors (Lipinski definition) is 1. The Kier molecular flexibility index (Phi) is 5.26. The first-order valence-corrected chi connectivity index (χ1v) is 8.80. The SMILES string of the molecule is COCN1c2nc(Br)n(C)c2C(=O)N(Cc2ccc(Cl)c(Cl)c2)C1O. The maximum Gasteiger partial charge on any atom is 0.278 e. The van der Waals surface area contributed by atoms with Crippen LogP contribution in [0.4, 0.5) is 5.82 Å². The van der Waals surface area contributed by atoms with Gasteiger partial charge in [-0.25, -0.2) is 4.98 Å². The van der Waals surface area contributed by atoms with Gasteiger partial charge in [-0.15, -0.1) is 0 Å². The van der Waals surface area contributed by atoms with E-state index >= 15 is 0 Å². The van der Waals surface area contributed by atoms with Gasteiger partial charge >= 0.3 is 0 Å². The number of anilines is 1. The van der Waals surface area contributed by atoms with E-state index in [2.05, 4.69) is 20.9 Å². The average Bonchev–Trinajstić information content (AvgIpc) is 2.87. The number of carbonyl (C=O) groups excluding carboxylic acids is 1. The van der Waals surface area contributed by atoms with Crippen LogP contribution in [0.15, 0.2) is 22.9 Å². The number of hydrogen-bond acceptors (Lipinski definition) is 5. The number of methoxy groups -OCH3 is 1. The fraction of sp³-hybridized carbons (Fsp3) is 0.333. The van der Waals surface area contributed by atoms with E-state index in [0.29, 0.717) is 26.3 Å². The number of aliphatic hydroxyl groups is 1. The van der Waals surface area contributed by atoms with E-state index in [1.807, 2.05) is 0 Å². The van der Waals surface area contributed by atoms with Crippen molar-refractivity contribution in [3.63, 3.8) is 0 Å². The van der Waals surface area contributed by atoms with Crippen LogP contribution in [0.25, 0.3) is 0 Å². The van der Waals surface area contributed by atoms with Crippen molar-refractivity contribution in [2.24, 2.45) is 7.05 Å². The molecule has 0 spiro atoms. The smallest absolute Gasteiger partial charge is 0.278 e. The van der Waals surface area contributed by atoms with Crippen molar-refractivity contribution < 1.29 is 14.6 Å². The second kappa shape index (κ2) is 7.13. The van der Waals surface area contributed by atoms with E-state index in [4.69, 9.17) is 27.9 Å². The first-order chi connectivity index (χ1) is 11.8. The van der Waals surface area contributed by atoms with Crippen LogP contribution in [0.3, 0.4) is 0 Å². The molecule has 0 aliphatic carbocycles. The van der Waals surface area contributed by atoms with Gasteiger partial charge in [0.2, 0.25) is 6.35 Å². The number of aliphatic hydroxyl groups excluding tert-OH is 1. The van der Waals surface area contributed by atoms with Gasteiger partial charge < -0.3 is 14.4 Å². The Morgan fingerprint density at radius 3 is 2.68 bits per heavy atom. The molecular weight excluding hydrogens is 435 g/mol. The largest absolute Gasteiger partial charge is 0.364 e.